The molecule has 0 aliphatic carbocycles. The Morgan fingerprint density at radius 2 is 2.43 bits per heavy atom. The summed E-state index contributed by atoms with van der Waals surface area (Å²) < 4.78 is 0. The standard InChI is InChI=1S/C9H10ClN3O/c10-9-5-7-1-2-13(3-4-14)6-8(7)11-12-9/h4-5H,1-3,6H2. The fourth-order valence-electron chi connectivity index (χ4n) is 1.61. The van der Waals surface area contributed by atoms with Crippen molar-refractivity contribution in [2.24, 2.45) is 0 Å². The molecule has 0 saturated carbocycles. The van der Waals surface area contributed by atoms with Crippen LogP contribution in [-0.4, -0.2) is 34.5 Å². The lowest BCUT2D eigenvalue weighted by atomic mass is 10.1. The van der Waals surface area contributed by atoms with Crippen LogP contribution in [0, 0.1) is 0 Å². The van der Waals surface area contributed by atoms with E-state index in [0.29, 0.717) is 18.2 Å². The highest BCUT2D eigenvalue weighted by Gasteiger charge is 2.17. The molecule has 1 aliphatic heterocycles. The first-order valence-corrected chi connectivity index (χ1v) is 4.84. The van der Waals surface area contributed by atoms with Crippen molar-refractivity contribution >= 4 is 17.9 Å². The van der Waals surface area contributed by atoms with E-state index in [9.17, 15) is 4.79 Å². The third-order valence-corrected chi connectivity index (χ3v) is 2.52. The van der Waals surface area contributed by atoms with Crippen molar-refractivity contribution in [3.63, 3.8) is 0 Å². The highest BCUT2D eigenvalue weighted by atomic mass is 35.5. The highest BCUT2D eigenvalue weighted by molar-refractivity contribution is 6.29. The van der Waals surface area contributed by atoms with Gasteiger partial charge in [0.05, 0.1) is 12.2 Å². The first-order chi connectivity index (χ1) is 6.79. The van der Waals surface area contributed by atoms with Crippen LogP contribution in [-0.2, 0) is 17.8 Å². The van der Waals surface area contributed by atoms with Gasteiger partial charge in [0.2, 0.25) is 0 Å². The number of hydrogen-bond donors (Lipinski definition) is 0. The first kappa shape index (κ1) is 9.55. The van der Waals surface area contributed by atoms with Gasteiger partial charge in [-0.25, -0.2) is 0 Å². The van der Waals surface area contributed by atoms with Gasteiger partial charge in [0.15, 0.2) is 5.15 Å². The zero-order valence-electron chi connectivity index (χ0n) is 7.61. The molecule has 2 rings (SSSR count). The lowest BCUT2D eigenvalue weighted by molar-refractivity contribution is -0.109. The van der Waals surface area contributed by atoms with E-state index in [-0.39, 0.29) is 0 Å². The highest BCUT2D eigenvalue weighted by Crippen LogP contribution is 2.17. The van der Waals surface area contributed by atoms with E-state index < -0.39 is 0 Å². The Hall–Kier alpha value is -1.00. The predicted molar refractivity (Wildman–Crippen MR) is 52.1 cm³/mol. The van der Waals surface area contributed by atoms with E-state index in [2.05, 4.69) is 10.2 Å². The molecule has 0 aromatic carbocycles. The van der Waals surface area contributed by atoms with Gasteiger partial charge in [-0.1, -0.05) is 11.6 Å². The Kier molecular flexibility index (Phi) is 2.74. The van der Waals surface area contributed by atoms with Crippen molar-refractivity contribution < 1.29 is 4.79 Å². The van der Waals surface area contributed by atoms with E-state index in [4.69, 9.17) is 11.6 Å². The van der Waals surface area contributed by atoms with Crippen LogP contribution in [0.4, 0.5) is 0 Å². The van der Waals surface area contributed by atoms with Gasteiger partial charge in [-0.3, -0.25) is 4.90 Å². The maximum Gasteiger partial charge on any atom is 0.152 e. The number of nitrogens with zero attached hydrogens (tertiary/aromatic N) is 3. The summed E-state index contributed by atoms with van der Waals surface area (Å²) in [4.78, 5) is 12.4. The molecule has 1 aromatic heterocycles. The van der Waals surface area contributed by atoms with Crippen molar-refractivity contribution in [1.82, 2.24) is 15.1 Å². The molecular formula is C9H10ClN3O. The molecule has 0 spiro atoms. The quantitative estimate of drug-likeness (QED) is 0.676. The van der Waals surface area contributed by atoms with Crippen LogP contribution in [0.5, 0.6) is 0 Å². The summed E-state index contributed by atoms with van der Waals surface area (Å²) in [7, 11) is 0. The van der Waals surface area contributed by atoms with Gasteiger partial charge < -0.3 is 4.79 Å². The van der Waals surface area contributed by atoms with E-state index in [0.717, 1.165) is 30.5 Å². The van der Waals surface area contributed by atoms with Crippen LogP contribution in [0.25, 0.3) is 0 Å². The second kappa shape index (κ2) is 4.02. The van der Waals surface area contributed by atoms with Crippen LogP contribution >= 0.6 is 11.6 Å². The van der Waals surface area contributed by atoms with Crippen molar-refractivity contribution in [2.45, 2.75) is 13.0 Å². The van der Waals surface area contributed by atoms with Gasteiger partial charge in [-0.05, 0) is 18.1 Å². The summed E-state index contributed by atoms with van der Waals surface area (Å²) in [6.07, 6.45) is 1.80. The Labute approximate surface area is 86.9 Å². The lowest BCUT2D eigenvalue weighted by Gasteiger charge is -2.25. The topological polar surface area (TPSA) is 46.1 Å². The molecule has 0 saturated heterocycles. The first-order valence-electron chi connectivity index (χ1n) is 4.46. The zero-order chi connectivity index (χ0) is 9.97. The molecule has 0 fully saturated rings. The summed E-state index contributed by atoms with van der Waals surface area (Å²) in [5.74, 6) is 0. The lowest BCUT2D eigenvalue weighted by Crippen LogP contribution is -2.32. The van der Waals surface area contributed by atoms with Crippen LogP contribution in [0.2, 0.25) is 5.15 Å². The average Bonchev–Trinajstić information content (AvgIpc) is 2.19. The Bertz CT molecular complexity index is 356. The monoisotopic (exact) mass is 211 g/mol. The Morgan fingerprint density at radius 1 is 1.57 bits per heavy atom. The summed E-state index contributed by atoms with van der Waals surface area (Å²) in [5, 5.41) is 8.24. The predicted octanol–water partition coefficient (Wildman–Crippen LogP) is 0.687. The molecule has 0 bridgehead atoms. The van der Waals surface area contributed by atoms with E-state index in [1.54, 1.807) is 0 Å². The minimum atomic E-state index is 0.438. The van der Waals surface area contributed by atoms with Crippen LogP contribution in [0.1, 0.15) is 11.3 Å². The molecule has 0 amide bonds. The molecule has 14 heavy (non-hydrogen) atoms. The molecular weight excluding hydrogens is 202 g/mol. The maximum absolute atomic E-state index is 10.3. The van der Waals surface area contributed by atoms with Gasteiger partial charge >= 0.3 is 0 Å². The molecule has 4 nitrogen and oxygen atoms in total. The molecule has 74 valence electrons. The number of rotatable bonds is 2. The van der Waals surface area contributed by atoms with Gasteiger partial charge in [0, 0.05) is 13.1 Å². The normalized spacial score (nSPS) is 16.4. The minimum Gasteiger partial charge on any atom is -0.302 e. The molecule has 0 unspecified atom stereocenters. The van der Waals surface area contributed by atoms with E-state index in [1.807, 2.05) is 11.0 Å². The molecule has 1 aliphatic rings. The average molecular weight is 212 g/mol. The number of hydrogen-bond acceptors (Lipinski definition) is 4. The third-order valence-electron chi connectivity index (χ3n) is 2.33. The smallest absolute Gasteiger partial charge is 0.152 e. The summed E-state index contributed by atoms with van der Waals surface area (Å²) >= 11 is 5.73. The maximum atomic E-state index is 10.3. The zero-order valence-corrected chi connectivity index (χ0v) is 8.37. The summed E-state index contributed by atoms with van der Waals surface area (Å²) in [5.41, 5.74) is 2.08. The Balaban J connectivity index is 2.18. The number of carbonyl (C=O) groups is 1. The fraction of sp³-hybridized carbons (Fsp3) is 0.444. The van der Waals surface area contributed by atoms with Crippen molar-refractivity contribution in [3.8, 4) is 0 Å². The number of fused-ring (bicyclic) bond motifs is 1. The second-order valence-corrected chi connectivity index (χ2v) is 3.68. The Morgan fingerprint density at radius 3 is 3.21 bits per heavy atom. The number of aldehydes is 1. The van der Waals surface area contributed by atoms with Crippen molar-refractivity contribution in [3.05, 3.63) is 22.5 Å². The van der Waals surface area contributed by atoms with Crippen LogP contribution < -0.4 is 0 Å². The summed E-state index contributed by atoms with van der Waals surface area (Å²) in [6.45, 7) is 2.04. The van der Waals surface area contributed by atoms with Gasteiger partial charge in [-0.15, -0.1) is 5.10 Å². The van der Waals surface area contributed by atoms with Crippen LogP contribution in [0.15, 0.2) is 6.07 Å². The largest absolute Gasteiger partial charge is 0.302 e. The molecule has 1 aromatic rings. The SMILES string of the molecule is O=CCN1CCc2cc(Cl)nnc2C1. The van der Waals surface area contributed by atoms with Crippen molar-refractivity contribution in [1.29, 1.82) is 0 Å². The number of halogens is 1. The number of carbonyl (C=O) groups excluding carboxylic acids is 1. The summed E-state index contributed by atoms with van der Waals surface area (Å²) in [6, 6.07) is 1.85. The van der Waals surface area contributed by atoms with Crippen molar-refractivity contribution in [2.75, 3.05) is 13.1 Å². The van der Waals surface area contributed by atoms with Crippen LogP contribution in [0.3, 0.4) is 0 Å². The second-order valence-electron chi connectivity index (χ2n) is 3.29. The van der Waals surface area contributed by atoms with E-state index in [1.165, 1.54) is 0 Å². The minimum absolute atomic E-state index is 0.438. The van der Waals surface area contributed by atoms with Gasteiger partial charge in [0.25, 0.3) is 0 Å². The fourth-order valence-corrected chi connectivity index (χ4v) is 1.78. The number of aromatic nitrogens is 2. The molecule has 2 heterocycles. The molecule has 0 N–H and O–H groups in total. The van der Waals surface area contributed by atoms with Gasteiger partial charge in [0.1, 0.15) is 6.29 Å². The van der Waals surface area contributed by atoms with Gasteiger partial charge in [-0.2, -0.15) is 5.10 Å². The molecule has 5 heteroatoms. The molecule has 0 radical (unpaired) electrons. The third kappa shape index (κ3) is 1.91. The molecule has 0 atom stereocenters. The van der Waals surface area contributed by atoms with E-state index >= 15 is 0 Å².